The second kappa shape index (κ2) is 7.72. The molecule has 3 rings (SSSR count). The van der Waals surface area contributed by atoms with Crippen molar-refractivity contribution >= 4 is 23.2 Å². The number of halogens is 1. The number of hydrogen-bond donors (Lipinski definition) is 1. The molecule has 0 aliphatic carbocycles. The first-order chi connectivity index (χ1) is 12.5. The molecule has 8 heteroatoms. The highest BCUT2D eigenvalue weighted by atomic mass is 35.5. The Balaban J connectivity index is 1.70. The molecule has 0 saturated carbocycles. The average Bonchev–Trinajstić information content (AvgIpc) is 2.92. The number of amides is 1. The molecule has 0 unspecified atom stereocenters. The summed E-state index contributed by atoms with van der Waals surface area (Å²) in [4.78, 5) is 26.5. The molecule has 0 saturated heterocycles. The Bertz CT molecular complexity index is 979. The smallest absolute Gasteiger partial charge is 0.350 e. The quantitative estimate of drug-likeness (QED) is 0.712. The van der Waals surface area contributed by atoms with Crippen LogP contribution < -0.4 is 11.0 Å². The third-order valence-electron chi connectivity index (χ3n) is 4.16. The van der Waals surface area contributed by atoms with Crippen molar-refractivity contribution in [3.05, 3.63) is 69.7 Å². The molecule has 2 heterocycles. The summed E-state index contributed by atoms with van der Waals surface area (Å²) in [7, 11) is 3.85. The summed E-state index contributed by atoms with van der Waals surface area (Å²) in [5, 5.41) is 7.67. The number of carbonyl (C=O) groups is 1. The van der Waals surface area contributed by atoms with Crippen molar-refractivity contribution in [3.63, 3.8) is 0 Å². The Morgan fingerprint density at radius 2 is 1.96 bits per heavy atom. The summed E-state index contributed by atoms with van der Waals surface area (Å²) in [5.74, 6) is -0.283. The molecule has 0 aliphatic heterocycles. The number of likely N-dealkylation sites (N-methyl/N-ethyl adjacent to an activating group) is 1. The van der Waals surface area contributed by atoms with Gasteiger partial charge in [0.1, 0.15) is 6.54 Å². The molecule has 0 radical (unpaired) electrons. The molecular formula is C18H20ClN5O2. The van der Waals surface area contributed by atoms with Gasteiger partial charge in [0.15, 0.2) is 5.65 Å². The molecule has 0 aliphatic rings. The minimum atomic E-state index is -0.342. The zero-order valence-electron chi connectivity index (χ0n) is 14.6. The van der Waals surface area contributed by atoms with Crippen LogP contribution in [-0.2, 0) is 11.3 Å². The van der Waals surface area contributed by atoms with Crippen molar-refractivity contribution < 1.29 is 4.79 Å². The molecule has 2 aromatic heterocycles. The largest absolute Gasteiger partial charge is 0.353 e. The van der Waals surface area contributed by atoms with Crippen molar-refractivity contribution in [1.29, 1.82) is 0 Å². The van der Waals surface area contributed by atoms with Gasteiger partial charge in [-0.1, -0.05) is 35.9 Å². The van der Waals surface area contributed by atoms with Crippen LogP contribution >= 0.6 is 11.6 Å². The van der Waals surface area contributed by atoms with E-state index in [-0.39, 0.29) is 24.2 Å². The van der Waals surface area contributed by atoms with E-state index in [9.17, 15) is 9.59 Å². The van der Waals surface area contributed by atoms with E-state index < -0.39 is 0 Å². The number of pyridine rings is 1. The zero-order valence-corrected chi connectivity index (χ0v) is 15.3. The number of aromatic nitrogens is 3. The maximum Gasteiger partial charge on any atom is 0.350 e. The first kappa shape index (κ1) is 18.2. The maximum absolute atomic E-state index is 12.3. The van der Waals surface area contributed by atoms with Crippen molar-refractivity contribution in [2.45, 2.75) is 12.6 Å². The molecular weight excluding hydrogens is 354 g/mol. The Kier molecular flexibility index (Phi) is 5.39. The van der Waals surface area contributed by atoms with Crippen LogP contribution in [0.15, 0.2) is 53.5 Å². The molecule has 0 spiro atoms. The Morgan fingerprint density at radius 1 is 1.23 bits per heavy atom. The standard InChI is InChI=1S/C18H20ClN5O2/c1-22(2)15(13-7-3-4-8-14(13)19)11-20-17(25)12-24-18(26)23-10-6-5-9-16(23)21-24/h3-10,15H,11-12H2,1-2H3,(H,20,25)/t15-/m0/s1. The first-order valence-corrected chi connectivity index (χ1v) is 8.57. The monoisotopic (exact) mass is 373 g/mol. The molecule has 0 fully saturated rings. The van der Waals surface area contributed by atoms with Gasteiger partial charge in [0.2, 0.25) is 5.91 Å². The minimum Gasteiger partial charge on any atom is -0.353 e. The van der Waals surface area contributed by atoms with Crippen molar-refractivity contribution in [1.82, 2.24) is 24.4 Å². The molecule has 1 N–H and O–H groups in total. The number of rotatable bonds is 6. The van der Waals surface area contributed by atoms with Crippen molar-refractivity contribution in [3.8, 4) is 0 Å². The lowest BCUT2D eigenvalue weighted by molar-refractivity contribution is -0.122. The van der Waals surface area contributed by atoms with E-state index >= 15 is 0 Å². The van der Waals surface area contributed by atoms with Gasteiger partial charge in [-0.3, -0.25) is 9.20 Å². The van der Waals surface area contributed by atoms with E-state index in [4.69, 9.17) is 11.6 Å². The lowest BCUT2D eigenvalue weighted by Crippen LogP contribution is -2.38. The Hall–Kier alpha value is -2.64. The third kappa shape index (κ3) is 3.79. The highest BCUT2D eigenvalue weighted by molar-refractivity contribution is 6.31. The van der Waals surface area contributed by atoms with Crippen molar-refractivity contribution in [2.24, 2.45) is 0 Å². The van der Waals surface area contributed by atoms with E-state index in [2.05, 4.69) is 10.4 Å². The number of benzene rings is 1. The minimum absolute atomic E-state index is 0.0783. The van der Waals surface area contributed by atoms with Gasteiger partial charge in [0.25, 0.3) is 0 Å². The van der Waals surface area contributed by atoms with Gasteiger partial charge in [-0.25, -0.2) is 9.48 Å². The molecule has 136 valence electrons. The predicted molar refractivity (Wildman–Crippen MR) is 100 cm³/mol. The van der Waals surface area contributed by atoms with E-state index in [0.717, 1.165) is 10.2 Å². The summed E-state index contributed by atoms with van der Waals surface area (Å²) in [6.07, 6.45) is 1.62. The molecule has 7 nitrogen and oxygen atoms in total. The fraction of sp³-hybridized carbons (Fsp3) is 0.278. The van der Waals surface area contributed by atoms with Crippen LogP contribution in [0.4, 0.5) is 0 Å². The van der Waals surface area contributed by atoms with E-state index in [1.807, 2.05) is 43.3 Å². The summed E-state index contributed by atoms with van der Waals surface area (Å²) in [5.41, 5.74) is 1.10. The first-order valence-electron chi connectivity index (χ1n) is 8.19. The highest BCUT2D eigenvalue weighted by Gasteiger charge is 2.18. The predicted octanol–water partition coefficient (Wildman–Crippen LogP) is 1.57. The topological polar surface area (TPSA) is 71.6 Å². The van der Waals surface area contributed by atoms with Gasteiger partial charge in [-0.05, 0) is 37.9 Å². The van der Waals surface area contributed by atoms with Crippen LogP contribution in [0.5, 0.6) is 0 Å². The van der Waals surface area contributed by atoms with Crippen LogP contribution in [-0.4, -0.2) is 45.6 Å². The third-order valence-corrected chi connectivity index (χ3v) is 4.51. The number of hydrogen-bond acceptors (Lipinski definition) is 4. The zero-order chi connectivity index (χ0) is 18.7. The Morgan fingerprint density at radius 3 is 2.65 bits per heavy atom. The maximum atomic E-state index is 12.3. The Labute approximate surface area is 155 Å². The van der Waals surface area contributed by atoms with Gasteiger partial charge in [-0.15, -0.1) is 5.10 Å². The van der Waals surface area contributed by atoms with Gasteiger partial charge < -0.3 is 10.2 Å². The molecule has 1 amide bonds. The normalized spacial score (nSPS) is 12.5. The fourth-order valence-electron chi connectivity index (χ4n) is 2.79. The van der Waals surface area contributed by atoms with Gasteiger partial charge in [0, 0.05) is 17.8 Å². The van der Waals surface area contributed by atoms with E-state index in [0.29, 0.717) is 17.2 Å². The number of carbonyl (C=O) groups excluding carboxylic acids is 1. The van der Waals surface area contributed by atoms with Crippen molar-refractivity contribution in [2.75, 3.05) is 20.6 Å². The van der Waals surface area contributed by atoms with Crippen LogP contribution in [0.2, 0.25) is 5.02 Å². The second-order valence-corrected chi connectivity index (χ2v) is 6.58. The summed E-state index contributed by atoms with van der Waals surface area (Å²) >= 11 is 6.28. The van der Waals surface area contributed by atoms with Crippen LogP contribution in [0.3, 0.4) is 0 Å². The lowest BCUT2D eigenvalue weighted by Gasteiger charge is -2.25. The summed E-state index contributed by atoms with van der Waals surface area (Å²) < 4.78 is 2.56. The molecule has 1 atom stereocenters. The second-order valence-electron chi connectivity index (χ2n) is 6.17. The SMILES string of the molecule is CN(C)[C@@H](CNC(=O)Cn1nc2ccccn2c1=O)c1ccccc1Cl. The molecule has 26 heavy (non-hydrogen) atoms. The van der Waals surface area contributed by atoms with Crippen LogP contribution in [0.25, 0.3) is 5.65 Å². The highest BCUT2D eigenvalue weighted by Crippen LogP contribution is 2.25. The van der Waals surface area contributed by atoms with Crippen LogP contribution in [0.1, 0.15) is 11.6 Å². The summed E-state index contributed by atoms with van der Waals surface area (Å²) in [6, 6.07) is 12.7. The van der Waals surface area contributed by atoms with E-state index in [1.165, 1.54) is 4.40 Å². The molecule has 0 bridgehead atoms. The fourth-order valence-corrected chi connectivity index (χ4v) is 3.05. The molecule has 1 aromatic carbocycles. The average molecular weight is 374 g/mol. The summed E-state index contributed by atoms with van der Waals surface area (Å²) in [6.45, 7) is 0.237. The lowest BCUT2D eigenvalue weighted by atomic mass is 10.1. The number of nitrogens with one attached hydrogen (secondary N) is 1. The van der Waals surface area contributed by atoms with Gasteiger partial charge in [-0.2, -0.15) is 0 Å². The van der Waals surface area contributed by atoms with Gasteiger partial charge in [0.05, 0.1) is 6.04 Å². The van der Waals surface area contributed by atoms with Gasteiger partial charge >= 0.3 is 5.69 Å². The number of fused-ring (bicyclic) bond motifs is 1. The van der Waals surface area contributed by atoms with E-state index in [1.54, 1.807) is 24.4 Å². The number of nitrogens with zero attached hydrogens (tertiary/aromatic N) is 4. The van der Waals surface area contributed by atoms with Crippen LogP contribution in [0, 0.1) is 0 Å². The molecule has 3 aromatic rings.